The first-order valence-electron chi connectivity index (χ1n) is 11.7. The zero-order valence-corrected chi connectivity index (χ0v) is 21.3. The summed E-state index contributed by atoms with van der Waals surface area (Å²) < 4.78 is 20.1. The predicted molar refractivity (Wildman–Crippen MR) is 141 cm³/mol. The summed E-state index contributed by atoms with van der Waals surface area (Å²) in [7, 11) is 3.34. The second-order valence-electron chi connectivity index (χ2n) is 8.74. The van der Waals surface area contributed by atoms with Crippen molar-refractivity contribution in [2.45, 2.75) is 24.2 Å². The Morgan fingerprint density at radius 1 is 1.00 bits per heavy atom. The van der Waals surface area contributed by atoms with E-state index in [1.165, 1.54) is 17.3 Å². The van der Waals surface area contributed by atoms with Gasteiger partial charge in [0, 0.05) is 16.7 Å². The Kier molecular flexibility index (Phi) is 5.60. The number of nitrogens with zero attached hydrogens (tertiary/aromatic N) is 3. The molecule has 182 valence electrons. The van der Waals surface area contributed by atoms with Crippen molar-refractivity contribution in [1.29, 1.82) is 0 Å². The summed E-state index contributed by atoms with van der Waals surface area (Å²) in [4.78, 5) is 4.77. The molecule has 36 heavy (non-hydrogen) atoms. The Balaban J connectivity index is 1.64. The molecule has 8 heteroatoms. The van der Waals surface area contributed by atoms with Gasteiger partial charge in [-0.2, -0.15) is 4.98 Å². The van der Waals surface area contributed by atoms with Crippen molar-refractivity contribution in [1.82, 2.24) is 14.8 Å². The van der Waals surface area contributed by atoms with Gasteiger partial charge >= 0.3 is 0 Å². The van der Waals surface area contributed by atoms with Crippen molar-refractivity contribution in [3.63, 3.8) is 0 Å². The van der Waals surface area contributed by atoms with E-state index in [9.17, 15) is 0 Å². The van der Waals surface area contributed by atoms with E-state index < -0.39 is 6.10 Å². The van der Waals surface area contributed by atoms with E-state index in [1.54, 1.807) is 14.2 Å². The van der Waals surface area contributed by atoms with Crippen LogP contribution in [0.5, 0.6) is 17.2 Å². The van der Waals surface area contributed by atoms with Gasteiger partial charge < -0.3 is 19.5 Å². The minimum absolute atomic E-state index is 0.237. The number of fused-ring (bicyclic) bond motifs is 3. The van der Waals surface area contributed by atoms with Crippen molar-refractivity contribution < 1.29 is 14.2 Å². The Morgan fingerprint density at radius 2 is 1.81 bits per heavy atom. The average molecular weight is 499 g/mol. The summed E-state index contributed by atoms with van der Waals surface area (Å²) in [6, 6.07) is 22.2. The number of para-hydroxylation sites is 1. The number of aromatic nitrogens is 3. The van der Waals surface area contributed by atoms with Gasteiger partial charge in [0.1, 0.15) is 23.3 Å². The first kappa shape index (κ1) is 22.5. The van der Waals surface area contributed by atoms with Crippen LogP contribution in [0.25, 0.3) is 5.70 Å². The zero-order valence-electron chi connectivity index (χ0n) is 20.5. The van der Waals surface area contributed by atoms with Crippen molar-refractivity contribution in [2.24, 2.45) is 0 Å². The first-order valence-corrected chi connectivity index (χ1v) is 12.9. The second-order valence-corrected chi connectivity index (χ2v) is 9.51. The van der Waals surface area contributed by atoms with Gasteiger partial charge in [-0.15, -0.1) is 5.10 Å². The van der Waals surface area contributed by atoms with E-state index in [2.05, 4.69) is 42.6 Å². The quantitative estimate of drug-likeness (QED) is 0.344. The number of rotatable bonds is 5. The van der Waals surface area contributed by atoms with Crippen LogP contribution in [0, 0.1) is 6.92 Å². The molecule has 7 nitrogen and oxygen atoms in total. The fraction of sp³-hybridized carbons (Fsp3) is 0.214. The molecule has 0 spiro atoms. The molecule has 4 aromatic rings. The smallest absolute Gasteiger partial charge is 0.227 e. The van der Waals surface area contributed by atoms with Gasteiger partial charge in [0.05, 0.1) is 19.9 Å². The van der Waals surface area contributed by atoms with Crippen LogP contribution in [0.4, 0.5) is 5.95 Å². The lowest BCUT2D eigenvalue weighted by molar-refractivity contribution is 0.217. The number of anilines is 1. The molecule has 2 unspecified atom stereocenters. The van der Waals surface area contributed by atoms with E-state index >= 15 is 0 Å². The molecule has 0 fully saturated rings. The van der Waals surface area contributed by atoms with Gasteiger partial charge in [-0.05, 0) is 49.1 Å². The maximum absolute atomic E-state index is 6.75. The van der Waals surface area contributed by atoms with Gasteiger partial charge in [0.2, 0.25) is 11.1 Å². The molecule has 3 aromatic carbocycles. The lowest BCUT2D eigenvalue weighted by atomic mass is 9.84. The van der Waals surface area contributed by atoms with Gasteiger partial charge in [-0.3, -0.25) is 0 Å². The number of hydrogen-bond acceptors (Lipinski definition) is 7. The normalized spacial score (nSPS) is 17.9. The Bertz CT molecular complexity index is 1480. The van der Waals surface area contributed by atoms with Gasteiger partial charge in [0.15, 0.2) is 6.10 Å². The van der Waals surface area contributed by atoms with E-state index in [-0.39, 0.29) is 6.04 Å². The fourth-order valence-corrected chi connectivity index (χ4v) is 5.26. The van der Waals surface area contributed by atoms with Crippen LogP contribution in [-0.2, 0) is 0 Å². The third-order valence-electron chi connectivity index (χ3n) is 6.66. The summed E-state index contributed by atoms with van der Waals surface area (Å²) in [5.74, 6) is 2.96. The van der Waals surface area contributed by atoms with E-state index in [4.69, 9.17) is 24.3 Å². The molecule has 0 saturated carbocycles. The molecule has 2 aliphatic heterocycles. The summed E-state index contributed by atoms with van der Waals surface area (Å²) in [5.41, 5.74) is 6.18. The van der Waals surface area contributed by atoms with E-state index in [0.717, 1.165) is 45.2 Å². The van der Waals surface area contributed by atoms with Crippen LogP contribution in [0.15, 0.2) is 77.5 Å². The van der Waals surface area contributed by atoms with Crippen molar-refractivity contribution >= 4 is 23.4 Å². The predicted octanol–water partition coefficient (Wildman–Crippen LogP) is 5.89. The van der Waals surface area contributed by atoms with Gasteiger partial charge in [0.25, 0.3) is 0 Å². The highest BCUT2D eigenvalue weighted by Gasteiger charge is 2.42. The molecule has 2 aliphatic rings. The number of nitrogens with one attached hydrogen (secondary N) is 1. The van der Waals surface area contributed by atoms with Crippen LogP contribution in [-0.4, -0.2) is 35.2 Å². The Hall–Kier alpha value is -3.91. The molecule has 0 aliphatic carbocycles. The highest BCUT2D eigenvalue weighted by Crippen LogP contribution is 2.52. The molecule has 6 rings (SSSR count). The van der Waals surface area contributed by atoms with Crippen molar-refractivity contribution in [3.8, 4) is 17.2 Å². The third-order valence-corrected chi connectivity index (χ3v) is 7.19. The molecule has 0 amide bonds. The number of hydrogen-bond donors (Lipinski definition) is 1. The highest BCUT2D eigenvalue weighted by atomic mass is 32.2. The summed E-state index contributed by atoms with van der Waals surface area (Å²) in [6.45, 7) is 2.09. The molecule has 2 atom stereocenters. The van der Waals surface area contributed by atoms with Crippen molar-refractivity contribution in [3.05, 3.63) is 94.6 Å². The minimum Gasteiger partial charge on any atom is -0.497 e. The molecular weight excluding hydrogens is 472 g/mol. The van der Waals surface area contributed by atoms with E-state index in [1.807, 2.05) is 47.3 Å². The summed E-state index contributed by atoms with van der Waals surface area (Å²) >= 11 is 1.52. The highest BCUT2D eigenvalue weighted by molar-refractivity contribution is 7.98. The van der Waals surface area contributed by atoms with Crippen LogP contribution >= 0.6 is 11.8 Å². The first-order chi connectivity index (χ1) is 17.6. The number of ether oxygens (including phenoxy) is 3. The lowest BCUT2D eigenvalue weighted by Crippen LogP contribution is -2.32. The topological polar surface area (TPSA) is 70.4 Å². The molecule has 0 bridgehead atoms. The lowest BCUT2D eigenvalue weighted by Gasteiger charge is -2.39. The molecular formula is C28H26N4O3S. The molecule has 1 N–H and O–H groups in total. The van der Waals surface area contributed by atoms with E-state index in [0.29, 0.717) is 11.1 Å². The maximum Gasteiger partial charge on any atom is 0.227 e. The molecule has 0 saturated heterocycles. The number of methoxy groups -OCH3 is 2. The maximum atomic E-state index is 6.75. The second kappa shape index (κ2) is 8.95. The molecule has 3 heterocycles. The SMILES string of the molecule is COc1ccc(OC)c(C2Oc3ccccc3C3=C2C(c2ccc(C)cc2)n2nc(SC)nc2N3)c1. The largest absolute Gasteiger partial charge is 0.497 e. The van der Waals surface area contributed by atoms with Gasteiger partial charge in [-0.25, -0.2) is 4.68 Å². The summed E-state index contributed by atoms with van der Waals surface area (Å²) in [6.07, 6.45) is 1.53. The molecule has 0 radical (unpaired) electrons. The van der Waals surface area contributed by atoms with Crippen LogP contribution in [0.2, 0.25) is 0 Å². The van der Waals surface area contributed by atoms with Crippen molar-refractivity contribution in [2.75, 3.05) is 25.8 Å². The standard InChI is InChI=1S/C28H26N4O3S/c1-16-9-11-17(12-10-16)25-23-24(29-27-30-28(36-4)31-32(25)27)19-7-5-6-8-22(19)35-26(23)20-15-18(33-2)13-14-21(20)34-3/h5-15,25-26H,1-4H3,(H,29,30,31). The van der Waals surface area contributed by atoms with Crippen LogP contribution < -0.4 is 19.5 Å². The van der Waals surface area contributed by atoms with Crippen LogP contribution in [0.1, 0.15) is 34.4 Å². The minimum atomic E-state index is -0.450. The molecule has 1 aromatic heterocycles. The number of benzene rings is 3. The summed E-state index contributed by atoms with van der Waals surface area (Å²) in [5, 5.41) is 9.16. The fourth-order valence-electron chi connectivity index (χ4n) is 4.92. The van der Waals surface area contributed by atoms with Gasteiger partial charge in [-0.1, -0.05) is 53.7 Å². The monoisotopic (exact) mass is 498 g/mol. The van der Waals surface area contributed by atoms with Crippen LogP contribution in [0.3, 0.4) is 0 Å². The average Bonchev–Trinajstić information content (AvgIpc) is 3.34. The number of thioether (sulfide) groups is 1. The Labute approximate surface area is 214 Å². The third kappa shape index (κ3) is 3.60. The Morgan fingerprint density at radius 3 is 2.56 bits per heavy atom. The zero-order chi connectivity index (χ0) is 24.8. The number of aryl methyl sites for hydroxylation is 1.